The number of hydrogen-bond acceptors (Lipinski definition) is 4. The molecule has 4 aromatic rings. The topological polar surface area (TPSA) is 87.3 Å². The third-order valence-corrected chi connectivity index (χ3v) is 8.14. The molecule has 0 bridgehead atoms. The van der Waals surface area contributed by atoms with Crippen molar-refractivity contribution < 1.29 is 14.4 Å². The number of halogens is 2. The van der Waals surface area contributed by atoms with Crippen LogP contribution in [0.4, 0.5) is 11.4 Å². The number of benzene rings is 4. The largest absolute Gasteiger partial charge is 0.325 e. The predicted molar refractivity (Wildman–Crippen MR) is 173 cm³/mol. The highest BCUT2D eigenvalue weighted by Gasteiger charge is 2.16. The highest BCUT2D eigenvalue weighted by molar-refractivity contribution is 8.00. The van der Waals surface area contributed by atoms with Gasteiger partial charge in [-0.25, -0.2) is 0 Å². The first kappa shape index (κ1) is 30.9. The van der Waals surface area contributed by atoms with Crippen molar-refractivity contribution in [2.45, 2.75) is 25.2 Å². The minimum absolute atomic E-state index is 0.00852. The zero-order valence-electron chi connectivity index (χ0n) is 23.0. The Morgan fingerprint density at radius 3 is 2.26 bits per heavy atom. The number of anilines is 2. The summed E-state index contributed by atoms with van der Waals surface area (Å²) in [4.78, 5) is 39.7. The molecule has 0 unspecified atom stereocenters. The molecule has 0 aliphatic rings. The molecule has 42 heavy (non-hydrogen) atoms. The molecule has 6 nitrogen and oxygen atoms in total. The molecule has 0 spiro atoms. The molecule has 0 aliphatic carbocycles. The number of amides is 3. The van der Waals surface area contributed by atoms with E-state index in [1.54, 1.807) is 60.7 Å². The van der Waals surface area contributed by atoms with Crippen LogP contribution < -0.4 is 16.0 Å². The quantitative estimate of drug-likeness (QED) is 0.124. The van der Waals surface area contributed by atoms with E-state index in [0.717, 1.165) is 28.1 Å². The van der Waals surface area contributed by atoms with Gasteiger partial charge in [-0.1, -0.05) is 78.7 Å². The fourth-order valence-corrected chi connectivity index (χ4v) is 5.15. The Morgan fingerprint density at radius 1 is 0.833 bits per heavy atom. The first-order chi connectivity index (χ1) is 20.2. The molecular formula is C33H29Cl2N3O3S. The van der Waals surface area contributed by atoms with Gasteiger partial charge in [-0.05, 0) is 78.6 Å². The van der Waals surface area contributed by atoms with Crippen LogP contribution in [0.15, 0.2) is 102 Å². The van der Waals surface area contributed by atoms with Crippen molar-refractivity contribution in [2.75, 3.05) is 16.4 Å². The van der Waals surface area contributed by atoms with Crippen molar-refractivity contribution in [3.05, 3.63) is 129 Å². The Kier molecular flexibility index (Phi) is 10.8. The minimum atomic E-state index is -0.542. The second kappa shape index (κ2) is 14.7. The average Bonchev–Trinajstić information content (AvgIpc) is 3.00. The number of hydrogen-bond donors (Lipinski definition) is 3. The number of thioether (sulfide) groups is 1. The lowest BCUT2D eigenvalue weighted by Gasteiger charge is -2.13. The lowest BCUT2D eigenvalue weighted by molar-refractivity contribution is -0.114. The van der Waals surface area contributed by atoms with E-state index in [1.807, 2.05) is 37.3 Å². The van der Waals surface area contributed by atoms with Gasteiger partial charge in [0.2, 0.25) is 5.91 Å². The van der Waals surface area contributed by atoms with Crippen LogP contribution in [0.25, 0.3) is 6.08 Å². The van der Waals surface area contributed by atoms with Crippen LogP contribution in [-0.4, -0.2) is 23.5 Å². The SMILES string of the molecule is CCc1cccc(C)c1NC(=O)CSc1ccc(NC(=O)/C(=C/c2cccc(Cl)c2Cl)NC(=O)c2ccccc2)cc1. The third kappa shape index (κ3) is 8.26. The molecule has 0 saturated carbocycles. The van der Waals surface area contributed by atoms with Crippen molar-refractivity contribution in [3.8, 4) is 0 Å². The molecule has 214 valence electrons. The fourth-order valence-electron chi connectivity index (χ4n) is 4.09. The van der Waals surface area contributed by atoms with Crippen LogP contribution in [0.3, 0.4) is 0 Å². The number of nitrogens with one attached hydrogen (secondary N) is 3. The molecule has 9 heteroatoms. The van der Waals surface area contributed by atoms with Crippen LogP contribution in [0.2, 0.25) is 10.0 Å². The van der Waals surface area contributed by atoms with E-state index in [-0.39, 0.29) is 22.4 Å². The van der Waals surface area contributed by atoms with Gasteiger partial charge >= 0.3 is 0 Å². The van der Waals surface area contributed by atoms with E-state index in [9.17, 15) is 14.4 Å². The van der Waals surface area contributed by atoms with Gasteiger partial charge in [-0.15, -0.1) is 11.8 Å². The van der Waals surface area contributed by atoms with Crippen LogP contribution in [0.5, 0.6) is 0 Å². The summed E-state index contributed by atoms with van der Waals surface area (Å²) in [5.41, 5.74) is 4.37. The Hall–Kier alpha value is -4.04. The molecule has 3 N–H and O–H groups in total. The predicted octanol–water partition coefficient (Wildman–Crippen LogP) is 8.00. The molecule has 0 atom stereocenters. The highest BCUT2D eigenvalue weighted by Crippen LogP contribution is 2.28. The van der Waals surface area contributed by atoms with Gasteiger partial charge in [-0.3, -0.25) is 14.4 Å². The Bertz CT molecular complexity index is 1620. The van der Waals surface area contributed by atoms with E-state index in [0.29, 0.717) is 21.8 Å². The molecular weight excluding hydrogens is 589 g/mol. The van der Waals surface area contributed by atoms with Crippen molar-refractivity contribution >= 4 is 70.1 Å². The maximum atomic E-state index is 13.3. The number of para-hydroxylation sites is 1. The van der Waals surface area contributed by atoms with Crippen molar-refractivity contribution in [3.63, 3.8) is 0 Å². The number of carbonyl (C=O) groups is 3. The average molecular weight is 619 g/mol. The summed E-state index contributed by atoms with van der Waals surface area (Å²) in [6.07, 6.45) is 2.31. The summed E-state index contributed by atoms with van der Waals surface area (Å²) in [6, 6.07) is 26.7. The normalized spacial score (nSPS) is 11.1. The summed E-state index contributed by atoms with van der Waals surface area (Å²) in [7, 11) is 0. The number of aryl methyl sites for hydroxylation is 2. The zero-order chi connectivity index (χ0) is 30.1. The van der Waals surface area contributed by atoms with Crippen molar-refractivity contribution in [1.29, 1.82) is 0 Å². The monoisotopic (exact) mass is 617 g/mol. The van der Waals surface area contributed by atoms with Gasteiger partial charge in [0.05, 0.1) is 15.8 Å². The van der Waals surface area contributed by atoms with E-state index < -0.39 is 11.8 Å². The molecule has 4 aromatic carbocycles. The molecule has 4 rings (SSSR count). The molecule has 0 aliphatic heterocycles. The second-order valence-corrected chi connectivity index (χ2v) is 11.1. The fraction of sp³-hybridized carbons (Fsp3) is 0.121. The smallest absolute Gasteiger partial charge is 0.272 e. The van der Waals surface area contributed by atoms with Crippen LogP contribution in [0, 0.1) is 6.92 Å². The van der Waals surface area contributed by atoms with Crippen LogP contribution in [0.1, 0.15) is 34.0 Å². The van der Waals surface area contributed by atoms with Crippen molar-refractivity contribution in [1.82, 2.24) is 5.32 Å². The number of rotatable bonds is 10. The summed E-state index contributed by atoms with van der Waals surface area (Å²) >= 11 is 13.9. The standard InChI is InChI=1S/C33H29Cl2N3O3S/c1-3-22-12-7-9-21(2)31(22)38-29(39)20-42-26-17-15-25(16-18-26)36-33(41)28(19-24-13-8-14-27(34)30(24)35)37-32(40)23-10-5-4-6-11-23/h4-19H,3,20H2,1-2H3,(H,36,41)(H,37,40)(H,38,39)/b28-19-. The molecule has 0 aromatic heterocycles. The highest BCUT2D eigenvalue weighted by atomic mass is 35.5. The van der Waals surface area contributed by atoms with Gasteiger partial charge in [0.1, 0.15) is 5.70 Å². The Labute approximate surface area is 259 Å². The Balaban J connectivity index is 1.43. The Morgan fingerprint density at radius 2 is 1.55 bits per heavy atom. The molecule has 0 saturated heterocycles. The summed E-state index contributed by atoms with van der Waals surface area (Å²) in [6.45, 7) is 4.04. The molecule has 0 radical (unpaired) electrons. The van der Waals surface area contributed by atoms with Gasteiger partial charge < -0.3 is 16.0 Å². The summed E-state index contributed by atoms with van der Waals surface area (Å²) in [5.74, 6) is -0.843. The van der Waals surface area contributed by atoms with Crippen molar-refractivity contribution in [2.24, 2.45) is 0 Å². The van der Waals surface area contributed by atoms with Gasteiger partial charge in [0.15, 0.2) is 0 Å². The first-order valence-electron chi connectivity index (χ1n) is 13.2. The van der Waals surface area contributed by atoms with Crippen LogP contribution >= 0.6 is 35.0 Å². The summed E-state index contributed by atoms with van der Waals surface area (Å²) in [5, 5.41) is 9.11. The third-order valence-electron chi connectivity index (χ3n) is 6.30. The molecule has 0 fully saturated rings. The van der Waals surface area contributed by atoms with Crippen LogP contribution in [-0.2, 0) is 16.0 Å². The van der Waals surface area contributed by atoms with E-state index in [2.05, 4.69) is 22.9 Å². The van der Waals surface area contributed by atoms with E-state index in [1.165, 1.54) is 17.8 Å². The lowest BCUT2D eigenvalue weighted by atomic mass is 10.1. The summed E-state index contributed by atoms with van der Waals surface area (Å²) < 4.78 is 0. The zero-order valence-corrected chi connectivity index (χ0v) is 25.4. The number of carbonyl (C=O) groups excluding carboxylic acids is 3. The first-order valence-corrected chi connectivity index (χ1v) is 14.9. The van der Waals surface area contributed by atoms with Gasteiger partial charge in [0.25, 0.3) is 11.8 Å². The minimum Gasteiger partial charge on any atom is -0.325 e. The second-order valence-electron chi connectivity index (χ2n) is 9.30. The van der Waals surface area contributed by atoms with Gasteiger partial charge in [-0.2, -0.15) is 0 Å². The van der Waals surface area contributed by atoms with E-state index >= 15 is 0 Å². The molecule has 3 amide bonds. The maximum Gasteiger partial charge on any atom is 0.272 e. The molecule has 0 heterocycles. The van der Waals surface area contributed by atoms with Gasteiger partial charge in [0, 0.05) is 21.8 Å². The van der Waals surface area contributed by atoms with E-state index in [4.69, 9.17) is 23.2 Å². The lowest BCUT2D eigenvalue weighted by Crippen LogP contribution is -2.30. The maximum absolute atomic E-state index is 13.3.